The molecule has 0 aromatic heterocycles. The van der Waals surface area contributed by atoms with Crippen molar-refractivity contribution < 1.29 is 22.3 Å². The Bertz CT molecular complexity index is 988. The van der Waals surface area contributed by atoms with Crippen molar-refractivity contribution >= 4 is 33.2 Å². The van der Waals surface area contributed by atoms with Gasteiger partial charge in [0.05, 0.1) is 23.1 Å². The fraction of sp³-hybridized carbons (Fsp3) is 0.381. The number of benzene rings is 2. The van der Waals surface area contributed by atoms with Gasteiger partial charge in [-0.15, -0.1) is 0 Å². The topological polar surface area (TPSA) is 75.7 Å². The monoisotopic (exact) mass is 456 g/mol. The first-order valence-electron chi connectivity index (χ1n) is 9.63. The Labute approximate surface area is 182 Å². The molecule has 0 spiro atoms. The van der Waals surface area contributed by atoms with E-state index in [2.05, 4.69) is 5.32 Å². The van der Waals surface area contributed by atoms with E-state index in [1.807, 2.05) is 13.8 Å². The van der Waals surface area contributed by atoms with Gasteiger partial charge in [0.1, 0.15) is 11.6 Å². The van der Waals surface area contributed by atoms with E-state index in [-0.39, 0.29) is 33.7 Å². The van der Waals surface area contributed by atoms with E-state index in [4.69, 9.17) is 16.3 Å². The maximum Gasteiger partial charge on any atom is 0.243 e. The second-order valence-corrected chi connectivity index (χ2v) is 9.18. The number of nitrogens with zero attached hydrogens (tertiary/aromatic N) is 1. The summed E-state index contributed by atoms with van der Waals surface area (Å²) in [6.07, 6.45) is -0.508. The fourth-order valence-corrected chi connectivity index (χ4v) is 4.61. The van der Waals surface area contributed by atoms with Crippen molar-refractivity contribution in [3.63, 3.8) is 0 Å². The summed E-state index contributed by atoms with van der Waals surface area (Å²) in [6, 6.07) is 8.47. The molecule has 0 unspecified atom stereocenters. The van der Waals surface area contributed by atoms with Crippen LogP contribution in [0.5, 0.6) is 5.75 Å². The first-order chi connectivity index (χ1) is 14.1. The number of amides is 1. The van der Waals surface area contributed by atoms with Crippen molar-refractivity contribution in [2.24, 2.45) is 0 Å². The zero-order chi connectivity index (χ0) is 22.5. The normalized spacial score (nSPS) is 11.7. The lowest BCUT2D eigenvalue weighted by Crippen LogP contribution is -2.30. The van der Waals surface area contributed by atoms with Gasteiger partial charge >= 0.3 is 0 Å². The Morgan fingerprint density at radius 3 is 2.43 bits per heavy atom. The molecule has 0 fully saturated rings. The summed E-state index contributed by atoms with van der Waals surface area (Å²) in [5.74, 6) is -0.821. The first kappa shape index (κ1) is 24.1. The number of halogens is 2. The molecule has 30 heavy (non-hydrogen) atoms. The van der Waals surface area contributed by atoms with Crippen molar-refractivity contribution in [2.75, 3.05) is 18.4 Å². The van der Waals surface area contributed by atoms with Crippen LogP contribution in [0.15, 0.2) is 41.3 Å². The van der Waals surface area contributed by atoms with Crippen LogP contribution in [0.4, 0.5) is 10.1 Å². The number of sulfonamides is 1. The van der Waals surface area contributed by atoms with E-state index in [9.17, 15) is 17.6 Å². The van der Waals surface area contributed by atoms with Gasteiger partial charge in [0.25, 0.3) is 0 Å². The Hall–Kier alpha value is -2.16. The Morgan fingerprint density at radius 2 is 1.87 bits per heavy atom. The number of carbonyl (C=O) groups excluding carboxylic acids is 1. The van der Waals surface area contributed by atoms with Gasteiger partial charge in [0.2, 0.25) is 15.9 Å². The van der Waals surface area contributed by atoms with Crippen molar-refractivity contribution in [3.05, 3.63) is 52.8 Å². The molecule has 2 aromatic carbocycles. The summed E-state index contributed by atoms with van der Waals surface area (Å²) in [6.45, 7) is 7.75. The van der Waals surface area contributed by atoms with Crippen LogP contribution in [0, 0.1) is 5.82 Å². The van der Waals surface area contributed by atoms with Crippen LogP contribution in [0.1, 0.15) is 33.3 Å². The van der Waals surface area contributed by atoms with Crippen LogP contribution >= 0.6 is 11.6 Å². The van der Waals surface area contributed by atoms with Gasteiger partial charge in [-0.05, 0) is 44.2 Å². The van der Waals surface area contributed by atoms with Crippen LogP contribution in [-0.2, 0) is 21.2 Å². The standard InChI is InChI=1S/C21H26ClFN2O4S/c1-5-25(6-2)30(27,28)15-10-11-20(29-14(3)4)19(12-15)24-21(26)13-16-17(22)8-7-9-18(16)23/h7-12,14H,5-6,13H2,1-4H3,(H,24,26). The minimum Gasteiger partial charge on any atom is -0.489 e. The second kappa shape index (κ2) is 10.2. The molecule has 0 aliphatic carbocycles. The quantitative estimate of drug-likeness (QED) is 0.603. The number of anilines is 1. The molecule has 9 heteroatoms. The summed E-state index contributed by atoms with van der Waals surface area (Å²) in [5.41, 5.74) is 0.254. The molecular weight excluding hydrogens is 431 g/mol. The molecule has 0 saturated carbocycles. The molecule has 0 heterocycles. The smallest absolute Gasteiger partial charge is 0.243 e. The fourth-order valence-electron chi connectivity index (χ4n) is 2.89. The molecule has 0 saturated heterocycles. The molecular formula is C21H26ClFN2O4S. The minimum absolute atomic E-state index is 0.0292. The van der Waals surface area contributed by atoms with Crippen molar-refractivity contribution in [3.8, 4) is 5.75 Å². The Morgan fingerprint density at radius 1 is 1.20 bits per heavy atom. The summed E-state index contributed by atoms with van der Waals surface area (Å²) in [7, 11) is -3.73. The van der Waals surface area contributed by atoms with Gasteiger partial charge in [-0.3, -0.25) is 4.79 Å². The predicted octanol–water partition coefficient (Wildman–Crippen LogP) is 4.48. The molecule has 6 nitrogen and oxygen atoms in total. The summed E-state index contributed by atoms with van der Waals surface area (Å²) < 4.78 is 46.7. The maximum atomic E-state index is 14.0. The zero-order valence-corrected chi connectivity index (χ0v) is 19.0. The molecule has 2 rings (SSSR count). The lowest BCUT2D eigenvalue weighted by Gasteiger charge is -2.20. The third kappa shape index (κ3) is 5.71. The largest absolute Gasteiger partial charge is 0.489 e. The van der Waals surface area contributed by atoms with Crippen molar-refractivity contribution in [1.29, 1.82) is 0 Å². The zero-order valence-electron chi connectivity index (χ0n) is 17.4. The van der Waals surface area contributed by atoms with Crippen LogP contribution in [0.3, 0.4) is 0 Å². The molecule has 1 amide bonds. The van der Waals surface area contributed by atoms with Gasteiger partial charge in [0.15, 0.2) is 0 Å². The van der Waals surface area contributed by atoms with E-state index >= 15 is 0 Å². The molecule has 1 N–H and O–H groups in total. The highest BCUT2D eigenvalue weighted by molar-refractivity contribution is 7.89. The average molecular weight is 457 g/mol. The first-order valence-corrected chi connectivity index (χ1v) is 11.5. The molecule has 164 valence electrons. The van der Waals surface area contributed by atoms with E-state index < -0.39 is 21.7 Å². The lowest BCUT2D eigenvalue weighted by molar-refractivity contribution is -0.115. The van der Waals surface area contributed by atoms with Gasteiger partial charge in [0, 0.05) is 23.7 Å². The molecule has 0 atom stereocenters. The molecule has 2 aromatic rings. The molecule has 0 aliphatic rings. The number of carbonyl (C=O) groups is 1. The molecule has 0 radical (unpaired) electrons. The highest BCUT2D eigenvalue weighted by Crippen LogP contribution is 2.30. The van der Waals surface area contributed by atoms with Crippen LogP contribution < -0.4 is 10.1 Å². The van der Waals surface area contributed by atoms with Gasteiger partial charge in [-0.2, -0.15) is 4.31 Å². The predicted molar refractivity (Wildman–Crippen MR) is 116 cm³/mol. The van der Waals surface area contributed by atoms with E-state index in [1.54, 1.807) is 13.8 Å². The van der Waals surface area contributed by atoms with Crippen molar-refractivity contribution in [2.45, 2.75) is 45.1 Å². The Kier molecular flexibility index (Phi) is 8.23. The average Bonchev–Trinajstić information content (AvgIpc) is 2.66. The Balaban J connectivity index is 2.39. The number of ether oxygens (including phenoxy) is 1. The highest BCUT2D eigenvalue weighted by atomic mass is 35.5. The van der Waals surface area contributed by atoms with E-state index in [1.165, 1.54) is 40.7 Å². The molecule has 0 aliphatic heterocycles. The van der Waals surface area contributed by atoms with Crippen molar-refractivity contribution in [1.82, 2.24) is 4.31 Å². The number of rotatable bonds is 9. The summed E-state index contributed by atoms with van der Waals surface area (Å²) in [4.78, 5) is 12.6. The van der Waals surface area contributed by atoms with Crippen LogP contribution in [-0.4, -0.2) is 37.8 Å². The van der Waals surface area contributed by atoms with Gasteiger partial charge in [-0.1, -0.05) is 31.5 Å². The number of hydrogen-bond acceptors (Lipinski definition) is 4. The summed E-state index contributed by atoms with van der Waals surface area (Å²) in [5, 5.41) is 2.77. The SMILES string of the molecule is CCN(CC)S(=O)(=O)c1ccc(OC(C)C)c(NC(=O)Cc2c(F)cccc2Cl)c1. The minimum atomic E-state index is -3.73. The lowest BCUT2D eigenvalue weighted by atomic mass is 10.1. The molecule has 0 bridgehead atoms. The van der Waals surface area contributed by atoms with E-state index in [0.29, 0.717) is 18.8 Å². The van der Waals surface area contributed by atoms with E-state index in [0.717, 1.165) is 0 Å². The second-order valence-electron chi connectivity index (χ2n) is 6.84. The van der Waals surface area contributed by atoms with Crippen LogP contribution in [0.25, 0.3) is 0 Å². The van der Waals surface area contributed by atoms with Crippen LogP contribution in [0.2, 0.25) is 5.02 Å². The van der Waals surface area contributed by atoms with Gasteiger partial charge in [-0.25, -0.2) is 12.8 Å². The number of nitrogens with one attached hydrogen (secondary N) is 1. The number of hydrogen-bond donors (Lipinski definition) is 1. The third-order valence-electron chi connectivity index (χ3n) is 4.33. The van der Waals surface area contributed by atoms with Gasteiger partial charge < -0.3 is 10.1 Å². The third-order valence-corrected chi connectivity index (χ3v) is 6.73. The highest BCUT2D eigenvalue weighted by Gasteiger charge is 2.24. The summed E-state index contributed by atoms with van der Waals surface area (Å²) >= 11 is 6.00. The maximum absolute atomic E-state index is 14.0.